The predicted octanol–water partition coefficient (Wildman–Crippen LogP) is 3.78. The molecule has 7 nitrogen and oxygen atoms in total. The van der Waals surface area contributed by atoms with Gasteiger partial charge < -0.3 is 19.5 Å². The number of ether oxygens (including phenoxy) is 2. The standard InChI is InChI=1S/C20H24N2O3S.C2HF3O2/c1-14-5-9-26-19(14)20(23)22-10-17-16(13-25-18(17)11-22)4-8-24-12-15-2-6-21-7-3-15;3-2(4,5)1(6)7/h2-3,5-7,9,16-18H,4,8,10-13H2,1H3;(H,6,7)/t16-,17-,18-;/m0./s1. The summed E-state index contributed by atoms with van der Waals surface area (Å²) < 4.78 is 43.5. The number of fused-ring (bicyclic) bond motifs is 1. The highest BCUT2D eigenvalue weighted by atomic mass is 32.1. The summed E-state index contributed by atoms with van der Waals surface area (Å²) in [6.45, 7) is 5.64. The van der Waals surface area contributed by atoms with Crippen LogP contribution >= 0.6 is 11.3 Å². The van der Waals surface area contributed by atoms with Crippen LogP contribution < -0.4 is 0 Å². The van der Waals surface area contributed by atoms with E-state index in [4.69, 9.17) is 19.4 Å². The number of aromatic nitrogens is 1. The van der Waals surface area contributed by atoms with E-state index >= 15 is 0 Å². The Morgan fingerprint density at radius 2 is 1.97 bits per heavy atom. The third-order valence-corrected chi connectivity index (χ3v) is 6.68. The molecule has 2 aromatic rings. The van der Waals surface area contributed by atoms with Crippen LogP contribution in [0.25, 0.3) is 0 Å². The Bertz CT molecular complexity index is 938. The quantitative estimate of drug-likeness (QED) is 0.626. The van der Waals surface area contributed by atoms with Crippen LogP contribution in [-0.2, 0) is 20.9 Å². The molecule has 1 N–H and O–H groups in total. The third kappa shape index (κ3) is 6.75. The second-order valence-electron chi connectivity index (χ2n) is 7.94. The van der Waals surface area contributed by atoms with Gasteiger partial charge in [-0.3, -0.25) is 9.78 Å². The number of carboxylic acid groups (broad SMARTS) is 1. The number of carbonyl (C=O) groups excluding carboxylic acids is 1. The smallest absolute Gasteiger partial charge is 0.475 e. The lowest BCUT2D eigenvalue weighted by Crippen LogP contribution is -2.31. The van der Waals surface area contributed by atoms with Crippen LogP contribution in [0.5, 0.6) is 0 Å². The first-order valence-electron chi connectivity index (χ1n) is 10.4. The summed E-state index contributed by atoms with van der Waals surface area (Å²) in [5.74, 6) is -1.70. The lowest BCUT2D eigenvalue weighted by Gasteiger charge is -2.19. The van der Waals surface area contributed by atoms with E-state index in [2.05, 4.69) is 4.98 Å². The highest BCUT2D eigenvalue weighted by molar-refractivity contribution is 7.12. The molecule has 33 heavy (non-hydrogen) atoms. The number of amides is 1. The molecule has 0 saturated carbocycles. The normalized spacial score (nSPS) is 21.9. The summed E-state index contributed by atoms with van der Waals surface area (Å²) in [5.41, 5.74) is 2.21. The number of pyridine rings is 1. The molecule has 1 amide bonds. The minimum absolute atomic E-state index is 0.156. The van der Waals surface area contributed by atoms with Crippen LogP contribution in [0.3, 0.4) is 0 Å². The number of hydrogen-bond acceptors (Lipinski definition) is 6. The highest BCUT2D eigenvalue weighted by Gasteiger charge is 2.45. The van der Waals surface area contributed by atoms with Gasteiger partial charge >= 0.3 is 12.1 Å². The minimum atomic E-state index is -5.08. The number of alkyl halides is 3. The molecule has 4 rings (SSSR count). The van der Waals surface area contributed by atoms with Crippen LogP contribution in [0.1, 0.15) is 27.2 Å². The zero-order valence-electron chi connectivity index (χ0n) is 18.0. The van der Waals surface area contributed by atoms with Crippen LogP contribution in [0.4, 0.5) is 13.2 Å². The Labute approximate surface area is 193 Å². The number of hydrogen-bond donors (Lipinski definition) is 1. The second-order valence-corrected chi connectivity index (χ2v) is 8.85. The van der Waals surface area contributed by atoms with E-state index in [1.807, 2.05) is 35.4 Å². The van der Waals surface area contributed by atoms with Gasteiger partial charge in [0, 0.05) is 38.0 Å². The Morgan fingerprint density at radius 1 is 1.27 bits per heavy atom. The monoisotopic (exact) mass is 486 g/mol. The zero-order valence-corrected chi connectivity index (χ0v) is 18.8. The summed E-state index contributed by atoms with van der Waals surface area (Å²) in [5, 5.41) is 9.11. The molecule has 2 aromatic heterocycles. The van der Waals surface area contributed by atoms with Gasteiger partial charge in [0.2, 0.25) is 0 Å². The molecule has 0 aromatic carbocycles. The first kappa shape index (κ1) is 25.1. The second kappa shape index (κ2) is 11.1. The number of aliphatic carboxylic acids is 1. The summed E-state index contributed by atoms with van der Waals surface area (Å²) >= 11 is 1.53. The van der Waals surface area contributed by atoms with Gasteiger partial charge in [0.1, 0.15) is 0 Å². The number of likely N-dealkylation sites (tertiary alicyclic amines) is 1. The summed E-state index contributed by atoms with van der Waals surface area (Å²) in [6, 6.07) is 5.96. The molecule has 180 valence electrons. The van der Waals surface area contributed by atoms with Gasteiger partial charge in [0.05, 0.1) is 24.2 Å². The minimum Gasteiger partial charge on any atom is -0.475 e. The van der Waals surface area contributed by atoms with E-state index in [1.165, 1.54) is 11.3 Å². The van der Waals surface area contributed by atoms with E-state index in [0.29, 0.717) is 18.4 Å². The van der Waals surface area contributed by atoms with Gasteiger partial charge in [-0.05, 0) is 54.0 Å². The van der Waals surface area contributed by atoms with Crippen LogP contribution in [0.2, 0.25) is 0 Å². The SMILES string of the molecule is Cc1ccsc1C(=O)N1C[C@H]2[C@@H](CCOCc3ccncc3)CO[C@H]2C1.O=C(O)C(F)(F)F. The van der Waals surface area contributed by atoms with Crippen molar-refractivity contribution in [3.05, 3.63) is 52.0 Å². The van der Waals surface area contributed by atoms with Crippen molar-refractivity contribution in [2.24, 2.45) is 11.8 Å². The van der Waals surface area contributed by atoms with Crippen LogP contribution in [-0.4, -0.2) is 65.5 Å². The first-order chi connectivity index (χ1) is 15.7. The number of aryl methyl sites for hydroxylation is 1. The topological polar surface area (TPSA) is 89.0 Å². The van der Waals surface area contributed by atoms with Gasteiger partial charge in [0.25, 0.3) is 5.91 Å². The largest absolute Gasteiger partial charge is 0.490 e. The number of halogens is 3. The van der Waals surface area contributed by atoms with Crippen molar-refractivity contribution in [2.45, 2.75) is 32.2 Å². The van der Waals surface area contributed by atoms with E-state index in [0.717, 1.165) is 48.7 Å². The average molecular weight is 487 g/mol. The molecule has 2 saturated heterocycles. The summed E-state index contributed by atoms with van der Waals surface area (Å²) in [6.07, 6.45) is -0.350. The Balaban J connectivity index is 0.000000383. The first-order valence-corrected chi connectivity index (χ1v) is 11.3. The van der Waals surface area contributed by atoms with Crippen molar-refractivity contribution in [3.63, 3.8) is 0 Å². The maximum atomic E-state index is 12.7. The van der Waals surface area contributed by atoms with Crippen molar-refractivity contribution in [3.8, 4) is 0 Å². The average Bonchev–Trinajstić information content (AvgIpc) is 3.48. The van der Waals surface area contributed by atoms with E-state index in [1.54, 1.807) is 12.4 Å². The van der Waals surface area contributed by atoms with E-state index < -0.39 is 12.1 Å². The van der Waals surface area contributed by atoms with Crippen LogP contribution in [0, 0.1) is 18.8 Å². The van der Waals surface area contributed by atoms with Gasteiger partial charge in [-0.2, -0.15) is 13.2 Å². The van der Waals surface area contributed by atoms with Crippen molar-refractivity contribution < 1.29 is 37.3 Å². The molecule has 0 bridgehead atoms. The third-order valence-electron chi connectivity index (χ3n) is 5.68. The van der Waals surface area contributed by atoms with Gasteiger partial charge in [-0.25, -0.2) is 4.79 Å². The van der Waals surface area contributed by atoms with E-state index in [-0.39, 0.29) is 12.0 Å². The van der Waals surface area contributed by atoms with Gasteiger partial charge in [0.15, 0.2) is 0 Å². The molecule has 0 spiro atoms. The summed E-state index contributed by atoms with van der Waals surface area (Å²) in [7, 11) is 0. The zero-order chi connectivity index (χ0) is 24.0. The maximum Gasteiger partial charge on any atom is 0.490 e. The molecule has 2 aliphatic rings. The van der Waals surface area contributed by atoms with Crippen molar-refractivity contribution in [1.29, 1.82) is 0 Å². The number of thiophene rings is 1. The fourth-order valence-electron chi connectivity index (χ4n) is 3.90. The van der Waals surface area contributed by atoms with Gasteiger partial charge in [-0.1, -0.05) is 0 Å². The fraction of sp³-hybridized carbons (Fsp3) is 0.500. The lowest BCUT2D eigenvalue weighted by molar-refractivity contribution is -0.192. The van der Waals surface area contributed by atoms with E-state index in [9.17, 15) is 18.0 Å². The maximum absolute atomic E-state index is 12.7. The molecule has 3 atom stereocenters. The molecule has 11 heteroatoms. The molecule has 4 heterocycles. The van der Waals surface area contributed by atoms with Crippen molar-refractivity contribution in [2.75, 3.05) is 26.3 Å². The predicted molar refractivity (Wildman–Crippen MR) is 114 cm³/mol. The Morgan fingerprint density at radius 3 is 2.58 bits per heavy atom. The van der Waals surface area contributed by atoms with Crippen molar-refractivity contribution in [1.82, 2.24) is 9.88 Å². The molecular formula is C22H25F3N2O5S. The van der Waals surface area contributed by atoms with Crippen LogP contribution in [0.15, 0.2) is 36.0 Å². The lowest BCUT2D eigenvalue weighted by atomic mass is 9.91. The molecule has 0 unspecified atom stereocenters. The highest BCUT2D eigenvalue weighted by Crippen LogP contribution is 2.36. The Kier molecular flexibility index (Phi) is 8.44. The fourth-order valence-corrected chi connectivity index (χ4v) is 4.79. The van der Waals surface area contributed by atoms with Crippen molar-refractivity contribution >= 4 is 23.2 Å². The number of rotatable bonds is 6. The summed E-state index contributed by atoms with van der Waals surface area (Å²) in [4.78, 5) is 28.5. The number of carbonyl (C=O) groups is 2. The molecule has 0 radical (unpaired) electrons. The number of carboxylic acids is 1. The molecule has 2 fully saturated rings. The molecular weight excluding hydrogens is 461 g/mol. The molecule has 0 aliphatic carbocycles. The Hall–Kier alpha value is -2.50. The molecule has 2 aliphatic heterocycles. The number of nitrogens with zero attached hydrogens (tertiary/aromatic N) is 2. The van der Waals surface area contributed by atoms with Gasteiger partial charge in [-0.15, -0.1) is 11.3 Å².